The van der Waals surface area contributed by atoms with E-state index in [4.69, 9.17) is 9.47 Å². The molecule has 1 N–H and O–H groups in total. The van der Waals surface area contributed by atoms with Gasteiger partial charge in [-0.2, -0.15) is 4.68 Å². The summed E-state index contributed by atoms with van der Waals surface area (Å²) in [6, 6.07) is 0.790. The number of hydrogen-bond donors (Lipinski definition) is 1. The second kappa shape index (κ2) is 8.60. The molecule has 1 aliphatic heterocycles. The smallest absolute Gasteiger partial charge is 0.341 e. The Bertz CT molecular complexity index is 1050. The monoisotopic (exact) mass is 447 g/mol. The fraction of sp³-hybridized carbons (Fsp3) is 0.652. The summed E-state index contributed by atoms with van der Waals surface area (Å²) in [5, 5.41) is 3.28. The normalized spacial score (nSPS) is 19.5. The first-order valence-electron chi connectivity index (χ1n) is 11.1. The van der Waals surface area contributed by atoms with E-state index in [1.165, 1.54) is 0 Å². The summed E-state index contributed by atoms with van der Waals surface area (Å²) in [7, 11) is 0. The lowest BCUT2D eigenvalue weighted by atomic mass is 9.95. The summed E-state index contributed by atoms with van der Waals surface area (Å²) in [6.45, 7) is 10.2. The maximum atomic E-state index is 13.3. The zero-order valence-corrected chi connectivity index (χ0v) is 19.7. The number of hydrogen-bond acceptors (Lipinski definition) is 7. The van der Waals surface area contributed by atoms with Gasteiger partial charge in [-0.1, -0.05) is 19.3 Å². The summed E-state index contributed by atoms with van der Waals surface area (Å²) >= 11 is 0. The number of fused-ring (bicyclic) bond motifs is 1. The third kappa shape index (κ3) is 5.14. The Hall–Kier alpha value is -2.84. The molecule has 2 aliphatic rings. The van der Waals surface area contributed by atoms with Crippen LogP contribution in [0.5, 0.6) is 0 Å². The molecule has 3 rings (SSSR count). The molecule has 0 radical (unpaired) electrons. The van der Waals surface area contributed by atoms with E-state index < -0.39 is 40.3 Å². The van der Waals surface area contributed by atoms with E-state index in [0.29, 0.717) is 0 Å². The molecule has 1 fully saturated rings. The fourth-order valence-electron chi connectivity index (χ4n) is 4.02. The van der Waals surface area contributed by atoms with E-state index in [0.717, 1.165) is 53.6 Å². The minimum Gasteiger partial charge on any atom is -0.458 e. The number of ether oxygens (including phenoxy) is 2. The van der Waals surface area contributed by atoms with Crippen molar-refractivity contribution in [3.05, 3.63) is 38.4 Å². The molecular formula is C23H33N3O6. The van der Waals surface area contributed by atoms with E-state index in [9.17, 15) is 19.2 Å². The Morgan fingerprint density at radius 1 is 0.906 bits per heavy atom. The number of aromatic nitrogens is 2. The predicted octanol–water partition coefficient (Wildman–Crippen LogP) is 2.34. The van der Waals surface area contributed by atoms with Crippen molar-refractivity contribution < 1.29 is 19.1 Å². The number of nitrogens with zero attached hydrogens (tertiary/aromatic N) is 2. The first kappa shape index (κ1) is 23.8. The van der Waals surface area contributed by atoms with Crippen LogP contribution in [0.15, 0.2) is 27.3 Å². The van der Waals surface area contributed by atoms with Crippen molar-refractivity contribution in [2.24, 2.45) is 0 Å². The van der Waals surface area contributed by atoms with Gasteiger partial charge in [0.25, 0.3) is 11.1 Å². The van der Waals surface area contributed by atoms with Crippen molar-refractivity contribution in [1.82, 2.24) is 14.7 Å². The highest BCUT2D eigenvalue weighted by Gasteiger charge is 2.45. The van der Waals surface area contributed by atoms with Crippen LogP contribution in [0.2, 0.25) is 0 Å². The minimum atomic E-state index is -1.43. The number of carbonyl (C=O) groups excluding carboxylic acids is 2. The molecule has 1 saturated carbocycles. The van der Waals surface area contributed by atoms with Crippen LogP contribution in [-0.2, 0) is 19.1 Å². The van der Waals surface area contributed by atoms with Gasteiger partial charge in [0, 0.05) is 18.2 Å². The molecule has 32 heavy (non-hydrogen) atoms. The van der Waals surface area contributed by atoms with Crippen LogP contribution >= 0.6 is 0 Å². The summed E-state index contributed by atoms with van der Waals surface area (Å²) in [4.78, 5) is 52.2. The summed E-state index contributed by atoms with van der Waals surface area (Å²) < 4.78 is 13.2. The number of esters is 2. The summed E-state index contributed by atoms with van der Waals surface area (Å²) in [5.74, 6) is -1.47. The van der Waals surface area contributed by atoms with Crippen LogP contribution < -0.4 is 16.4 Å². The predicted molar refractivity (Wildman–Crippen MR) is 119 cm³/mol. The van der Waals surface area contributed by atoms with Crippen LogP contribution in [0.25, 0.3) is 5.82 Å². The molecule has 0 amide bonds. The Morgan fingerprint density at radius 3 is 2.03 bits per heavy atom. The average molecular weight is 448 g/mol. The number of nitrogens with one attached hydrogen (secondary N) is 1. The molecule has 1 aromatic heterocycles. The van der Waals surface area contributed by atoms with Gasteiger partial charge in [-0.15, -0.1) is 0 Å². The zero-order valence-electron chi connectivity index (χ0n) is 19.7. The highest BCUT2D eigenvalue weighted by atomic mass is 16.6. The SMILES string of the molecule is CC(C)(C)OC(=O)C1=C(NC2CCCCC2)n2c(=O)ccc(=O)n2C1C(=O)OC(C)(C)C. The molecular weight excluding hydrogens is 414 g/mol. The Labute approximate surface area is 187 Å². The van der Waals surface area contributed by atoms with Crippen molar-refractivity contribution in [2.75, 3.05) is 0 Å². The Balaban J connectivity index is 2.21. The van der Waals surface area contributed by atoms with Gasteiger partial charge in [-0.25, -0.2) is 14.3 Å². The zero-order chi connectivity index (χ0) is 23.8. The van der Waals surface area contributed by atoms with Crippen LogP contribution in [0.4, 0.5) is 0 Å². The third-order valence-corrected chi connectivity index (χ3v) is 5.20. The maximum Gasteiger partial charge on any atom is 0.341 e. The molecule has 9 nitrogen and oxygen atoms in total. The molecule has 1 aromatic rings. The molecule has 1 unspecified atom stereocenters. The average Bonchev–Trinajstić information content (AvgIpc) is 2.99. The van der Waals surface area contributed by atoms with Crippen molar-refractivity contribution in [3.63, 3.8) is 0 Å². The largest absolute Gasteiger partial charge is 0.458 e. The van der Waals surface area contributed by atoms with Crippen LogP contribution in [-0.4, -0.2) is 38.5 Å². The third-order valence-electron chi connectivity index (χ3n) is 5.20. The number of rotatable bonds is 4. The standard InChI is InChI=1S/C23H33N3O6/c1-22(2,3)31-20(29)17-18(21(30)32-23(4,5)6)25-15(27)12-13-16(28)26(25)19(17)24-14-10-8-7-9-11-14/h12-14,18,24H,7-11H2,1-6H3. The van der Waals surface area contributed by atoms with E-state index in [1.54, 1.807) is 41.5 Å². The van der Waals surface area contributed by atoms with Gasteiger partial charge in [0.15, 0.2) is 6.04 Å². The van der Waals surface area contributed by atoms with Gasteiger partial charge in [0.2, 0.25) is 0 Å². The summed E-state index contributed by atoms with van der Waals surface area (Å²) in [5.41, 5.74) is -2.93. The van der Waals surface area contributed by atoms with E-state index in [2.05, 4.69) is 5.32 Å². The van der Waals surface area contributed by atoms with Gasteiger partial charge in [-0.3, -0.25) is 9.59 Å². The molecule has 9 heteroatoms. The fourth-order valence-corrected chi connectivity index (χ4v) is 4.02. The summed E-state index contributed by atoms with van der Waals surface area (Å²) in [6.07, 6.45) is 4.85. The highest BCUT2D eigenvalue weighted by molar-refractivity contribution is 6.02. The Morgan fingerprint density at radius 2 is 1.47 bits per heavy atom. The van der Waals surface area contributed by atoms with Crippen LogP contribution in [0.3, 0.4) is 0 Å². The minimum absolute atomic E-state index is 0.00392. The molecule has 0 saturated heterocycles. The molecule has 0 bridgehead atoms. The molecule has 0 aromatic carbocycles. The quantitative estimate of drug-likeness (QED) is 0.706. The Kier molecular flexibility index (Phi) is 6.40. The lowest BCUT2D eigenvalue weighted by Gasteiger charge is -2.26. The number of carbonyl (C=O) groups is 2. The first-order chi connectivity index (χ1) is 14.8. The highest BCUT2D eigenvalue weighted by Crippen LogP contribution is 2.33. The van der Waals surface area contributed by atoms with Gasteiger partial charge in [0.05, 0.1) is 0 Å². The molecule has 0 spiro atoms. The molecule has 176 valence electrons. The van der Waals surface area contributed by atoms with Gasteiger partial charge >= 0.3 is 11.9 Å². The van der Waals surface area contributed by atoms with Crippen LogP contribution in [0, 0.1) is 0 Å². The lowest BCUT2D eigenvalue weighted by Crippen LogP contribution is -2.42. The van der Waals surface area contributed by atoms with E-state index in [-0.39, 0.29) is 17.4 Å². The van der Waals surface area contributed by atoms with Gasteiger partial charge in [0.1, 0.15) is 22.6 Å². The maximum absolute atomic E-state index is 13.3. The second-order valence-corrected chi connectivity index (χ2v) is 10.3. The van der Waals surface area contributed by atoms with Gasteiger partial charge in [-0.05, 0) is 54.4 Å². The van der Waals surface area contributed by atoms with Crippen LogP contribution in [0.1, 0.15) is 79.7 Å². The van der Waals surface area contributed by atoms with E-state index >= 15 is 0 Å². The van der Waals surface area contributed by atoms with Gasteiger partial charge < -0.3 is 14.8 Å². The lowest BCUT2D eigenvalue weighted by molar-refractivity contribution is -0.161. The van der Waals surface area contributed by atoms with Crippen molar-refractivity contribution >= 4 is 17.8 Å². The second-order valence-electron chi connectivity index (χ2n) is 10.3. The topological polar surface area (TPSA) is 109 Å². The molecule has 1 aliphatic carbocycles. The van der Waals surface area contributed by atoms with E-state index in [1.807, 2.05) is 0 Å². The van der Waals surface area contributed by atoms with Crippen molar-refractivity contribution in [3.8, 4) is 0 Å². The first-order valence-corrected chi connectivity index (χ1v) is 11.1. The molecule has 2 heterocycles. The van der Waals surface area contributed by atoms with Crippen molar-refractivity contribution in [2.45, 2.75) is 96.9 Å². The molecule has 1 atom stereocenters. The van der Waals surface area contributed by atoms with Crippen molar-refractivity contribution in [1.29, 1.82) is 0 Å².